The summed E-state index contributed by atoms with van der Waals surface area (Å²) in [4.78, 5) is 6.79. The van der Waals surface area contributed by atoms with Crippen LogP contribution in [-0.2, 0) is 0 Å². The molecule has 1 fully saturated rings. The maximum atomic E-state index is 5.95. The van der Waals surface area contributed by atoms with E-state index in [1.165, 1.54) is 10.8 Å². The minimum Gasteiger partial charge on any atom is -0.338 e. The maximum absolute atomic E-state index is 5.95. The van der Waals surface area contributed by atoms with Gasteiger partial charge in [0.2, 0.25) is 5.95 Å². The van der Waals surface area contributed by atoms with Gasteiger partial charge in [-0.1, -0.05) is 42.5 Å². The zero-order chi connectivity index (χ0) is 14.2. The molecule has 3 aromatic rings. The summed E-state index contributed by atoms with van der Waals surface area (Å²) in [6, 6.07) is 14.8. The van der Waals surface area contributed by atoms with E-state index in [9.17, 15) is 0 Å². The number of aromatic amines is 1. The smallest absolute Gasteiger partial charge is 0.245 e. The molecule has 0 spiro atoms. The van der Waals surface area contributed by atoms with Crippen LogP contribution in [-0.4, -0.2) is 34.3 Å². The molecule has 1 unspecified atom stereocenters. The Balaban J connectivity index is 1.74. The van der Waals surface area contributed by atoms with Gasteiger partial charge in [-0.2, -0.15) is 4.98 Å². The van der Waals surface area contributed by atoms with E-state index in [2.05, 4.69) is 44.3 Å². The minimum atomic E-state index is 0.226. The molecule has 106 valence electrons. The lowest BCUT2D eigenvalue weighted by Crippen LogP contribution is -2.26. The van der Waals surface area contributed by atoms with Gasteiger partial charge in [-0.05, 0) is 17.2 Å². The molecule has 1 atom stereocenters. The zero-order valence-electron chi connectivity index (χ0n) is 11.7. The summed E-state index contributed by atoms with van der Waals surface area (Å²) in [6.45, 7) is 1.75. The standard InChI is InChI=1S/C16H17N5/c17-12-8-9-21(10-12)16-18-15(19-20-16)14-7-3-5-11-4-1-2-6-13(11)14/h1-7,12H,8-10,17H2,(H,18,19,20). The van der Waals surface area contributed by atoms with Crippen molar-refractivity contribution in [3.05, 3.63) is 42.5 Å². The zero-order valence-corrected chi connectivity index (χ0v) is 11.7. The Kier molecular flexibility index (Phi) is 2.86. The largest absolute Gasteiger partial charge is 0.338 e. The van der Waals surface area contributed by atoms with E-state index in [1.807, 2.05) is 18.2 Å². The molecule has 1 aromatic heterocycles. The highest BCUT2D eigenvalue weighted by Crippen LogP contribution is 2.27. The van der Waals surface area contributed by atoms with Crippen LogP contribution in [0.1, 0.15) is 6.42 Å². The molecule has 2 heterocycles. The lowest BCUT2D eigenvalue weighted by atomic mass is 10.0. The summed E-state index contributed by atoms with van der Waals surface area (Å²) in [5, 5.41) is 9.80. The Morgan fingerprint density at radius 2 is 2.00 bits per heavy atom. The van der Waals surface area contributed by atoms with Crippen molar-refractivity contribution in [1.82, 2.24) is 15.2 Å². The summed E-state index contributed by atoms with van der Waals surface area (Å²) in [5.74, 6) is 1.55. The third-order valence-corrected chi connectivity index (χ3v) is 4.03. The molecule has 0 saturated carbocycles. The molecular formula is C16H17N5. The number of nitrogens with zero attached hydrogens (tertiary/aromatic N) is 3. The fourth-order valence-corrected chi connectivity index (χ4v) is 2.92. The monoisotopic (exact) mass is 279 g/mol. The average Bonchev–Trinajstić information content (AvgIpc) is 3.15. The van der Waals surface area contributed by atoms with E-state index in [4.69, 9.17) is 5.73 Å². The van der Waals surface area contributed by atoms with Crippen molar-refractivity contribution in [2.24, 2.45) is 5.73 Å². The van der Waals surface area contributed by atoms with Crippen LogP contribution in [0.2, 0.25) is 0 Å². The number of aromatic nitrogens is 3. The predicted octanol–water partition coefficient (Wildman–Crippen LogP) is 2.16. The molecule has 2 aromatic carbocycles. The highest BCUT2D eigenvalue weighted by molar-refractivity contribution is 5.95. The first-order chi connectivity index (χ1) is 10.3. The summed E-state index contributed by atoms with van der Waals surface area (Å²) in [5.41, 5.74) is 7.03. The molecule has 1 aliphatic rings. The SMILES string of the molecule is NC1CCN(c2n[nH]c(-c3cccc4ccccc34)n2)C1. The van der Waals surface area contributed by atoms with E-state index >= 15 is 0 Å². The molecule has 5 nitrogen and oxygen atoms in total. The lowest BCUT2D eigenvalue weighted by Gasteiger charge is -2.11. The number of H-pyrrole nitrogens is 1. The van der Waals surface area contributed by atoms with Crippen molar-refractivity contribution >= 4 is 16.7 Å². The maximum Gasteiger partial charge on any atom is 0.245 e. The van der Waals surface area contributed by atoms with Crippen molar-refractivity contribution in [2.75, 3.05) is 18.0 Å². The molecule has 0 aliphatic carbocycles. The van der Waals surface area contributed by atoms with Crippen LogP contribution < -0.4 is 10.6 Å². The van der Waals surface area contributed by atoms with E-state index in [-0.39, 0.29) is 6.04 Å². The number of benzene rings is 2. The van der Waals surface area contributed by atoms with Gasteiger partial charge in [-0.3, -0.25) is 5.10 Å². The number of hydrogen-bond donors (Lipinski definition) is 2. The van der Waals surface area contributed by atoms with E-state index in [0.29, 0.717) is 0 Å². The predicted molar refractivity (Wildman–Crippen MR) is 84.1 cm³/mol. The summed E-state index contributed by atoms with van der Waals surface area (Å²) in [7, 11) is 0. The van der Waals surface area contributed by atoms with E-state index < -0.39 is 0 Å². The fourth-order valence-electron chi connectivity index (χ4n) is 2.92. The van der Waals surface area contributed by atoms with Gasteiger partial charge in [0.25, 0.3) is 0 Å². The van der Waals surface area contributed by atoms with Gasteiger partial charge in [-0.25, -0.2) is 0 Å². The molecule has 1 saturated heterocycles. The van der Waals surface area contributed by atoms with Crippen LogP contribution in [0.4, 0.5) is 5.95 Å². The number of nitrogens with one attached hydrogen (secondary N) is 1. The van der Waals surface area contributed by atoms with Crippen LogP contribution in [0.5, 0.6) is 0 Å². The van der Waals surface area contributed by atoms with Crippen molar-refractivity contribution < 1.29 is 0 Å². The fraction of sp³-hybridized carbons (Fsp3) is 0.250. The van der Waals surface area contributed by atoms with Crippen molar-refractivity contribution in [3.8, 4) is 11.4 Å². The van der Waals surface area contributed by atoms with Gasteiger partial charge in [0.15, 0.2) is 5.82 Å². The quantitative estimate of drug-likeness (QED) is 0.754. The van der Waals surface area contributed by atoms with Crippen molar-refractivity contribution in [3.63, 3.8) is 0 Å². The molecule has 0 amide bonds. The highest BCUT2D eigenvalue weighted by Gasteiger charge is 2.22. The lowest BCUT2D eigenvalue weighted by molar-refractivity contribution is 0.750. The first-order valence-electron chi connectivity index (χ1n) is 7.22. The van der Waals surface area contributed by atoms with Gasteiger partial charge in [0.05, 0.1) is 0 Å². The van der Waals surface area contributed by atoms with Crippen LogP contribution >= 0.6 is 0 Å². The van der Waals surface area contributed by atoms with Crippen LogP contribution in [0.15, 0.2) is 42.5 Å². The van der Waals surface area contributed by atoms with Gasteiger partial charge in [0.1, 0.15) is 0 Å². The molecular weight excluding hydrogens is 262 g/mol. The number of hydrogen-bond acceptors (Lipinski definition) is 4. The number of fused-ring (bicyclic) bond motifs is 1. The Morgan fingerprint density at radius 1 is 1.14 bits per heavy atom. The van der Waals surface area contributed by atoms with E-state index in [0.717, 1.165) is 36.8 Å². The van der Waals surface area contributed by atoms with E-state index in [1.54, 1.807) is 0 Å². The Hall–Kier alpha value is -2.40. The molecule has 5 heteroatoms. The Labute approximate surface area is 122 Å². The first-order valence-corrected chi connectivity index (χ1v) is 7.22. The second-order valence-electron chi connectivity index (χ2n) is 5.51. The molecule has 0 radical (unpaired) electrons. The first kappa shape index (κ1) is 12.3. The Morgan fingerprint density at radius 3 is 2.86 bits per heavy atom. The van der Waals surface area contributed by atoms with Gasteiger partial charge in [-0.15, -0.1) is 5.10 Å². The molecule has 1 aliphatic heterocycles. The van der Waals surface area contributed by atoms with Gasteiger partial charge >= 0.3 is 0 Å². The summed E-state index contributed by atoms with van der Waals surface area (Å²) < 4.78 is 0. The van der Waals surface area contributed by atoms with Crippen molar-refractivity contribution in [2.45, 2.75) is 12.5 Å². The van der Waals surface area contributed by atoms with Crippen LogP contribution in [0.3, 0.4) is 0 Å². The van der Waals surface area contributed by atoms with Gasteiger partial charge < -0.3 is 10.6 Å². The number of rotatable bonds is 2. The Bertz CT molecular complexity index is 774. The normalized spacial score (nSPS) is 18.5. The molecule has 3 N–H and O–H groups in total. The third-order valence-electron chi connectivity index (χ3n) is 4.03. The van der Waals surface area contributed by atoms with Crippen molar-refractivity contribution in [1.29, 1.82) is 0 Å². The third kappa shape index (κ3) is 2.15. The van der Waals surface area contributed by atoms with Gasteiger partial charge in [0, 0.05) is 24.7 Å². The van der Waals surface area contributed by atoms with Crippen LogP contribution in [0, 0.1) is 0 Å². The summed E-state index contributed by atoms with van der Waals surface area (Å²) in [6.07, 6.45) is 0.998. The molecule has 0 bridgehead atoms. The highest BCUT2D eigenvalue weighted by atomic mass is 15.4. The summed E-state index contributed by atoms with van der Waals surface area (Å²) >= 11 is 0. The second-order valence-corrected chi connectivity index (χ2v) is 5.51. The number of anilines is 1. The second kappa shape index (κ2) is 4.86. The number of nitrogens with two attached hydrogens (primary N) is 1. The topological polar surface area (TPSA) is 70.8 Å². The molecule has 21 heavy (non-hydrogen) atoms. The average molecular weight is 279 g/mol. The molecule has 4 rings (SSSR count). The van der Waals surface area contributed by atoms with Crippen LogP contribution in [0.25, 0.3) is 22.2 Å². The minimum absolute atomic E-state index is 0.226.